The molecule has 26 heavy (non-hydrogen) atoms. The monoisotopic (exact) mass is 348 g/mol. The summed E-state index contributed by atoms with van der Waals surface area (Å²) in [6, 6.07) is 11.5. The lowest BCUT2D eigenvalue weighted by atomic mass is 10.1. The lowest BCUT2D eigenvalue weighted by Crippen LogP contribution is -2.35. The molecule has 0 bridgehead atoms. The number of nitrogens with one attached hydrogen (secondary N) is 1. The lowest BCUT2D eigenvalue weighted by Gasteiger charge is -2.20. The molecule has 0 radical (unpaired) electrons. The zero-order valence-corrected chi connectivity index (χ0v) is 14.8. The van der Waals surface area contributed by atoms with E-state index in [1.165, 1.54) is 0 Å². The molecule has 6 heteroatoms. The quantitative estimate of drug-likeness (QED) is 0.791. The Morgan fingerprint density at radius 2 is 1.96 bits per heavy atom. The lowest BCUT2D eigenvalue weighted by molar-refractivity contribution is 0.0746. The third kappa shape index (κ3) is 2.63. The second-order valence-corrected chi connectivity index (χ2v) is 6.71. The van der Waals surface area contributed by atoms with Crippen LogP contribution in [0.1, 0.15) is 45.7 Å². The van der Waals surface area contributed by atoms with Gasteiger partial charge in [0.2, 0.25) is 0 Å². The molecule has 4 rings (SSSR count). The summed E-state index contributed by atoms with van der Waals surface area (Å²) in [5.41, 5.74) is 3.66. The smallest absolute Gasteiger partial charge is 0.264 e. The van der Waals surface area contributed by atoms with Crippen molar-refractivity contribution >= 4 is 5.91 Å². The minimum Gasteiger partial charge on any atom is -0.328 e. The van der Waals surface area contributed by atoms with E-state index in [4.69, 9.17) is 0 Å². The molecule has 1 unspecified atom stereocenters. The molecule has 1 amide bonds. The predicted octanol–water partition coefficient (Wildman–Crippen LogP) is 2.65. The van der Waals surface area contributed by atoms with Crippen molar-refractivity contribution in [2.45, 2.75) is 33.0 Å². The van der Waals surface area contributed by atoms with E-state index in [-0.39, 0.29) is 23.1 Å². The van der Waals surface area contributed by atoms with Gasteiger partial charge >= 0.3 is 0 Å². The Labute approximate surface area is 151 Å². The van der Waals surface area contributed by atoms with Gasteiger partial charge in [-0.3, -0.25) is 14.7 Å². The first-order valence-electron chi connectivity index (χ1n) is 8.63. The number of aromatic nitrogens is 3. The van der Waals surface area contributed by atoms with Crippen molar-refractivity contribution in [2.75, 3.05) is 0 Å². The maximum Gasteiger partial charge on any atom is 0.264 e. The summed E-state index contributed by atoms with van der Waals surface area (Å²) >= 11 is 0. The summed E-state index contributed by atoms with van der Waals surface area (Å²) in [5.74, 6) is -0.230. The number of hydrogen-bond acceptors (Lipinski definition) is 3. The van der Waals surface area contributed by atoms with Gasteiger partial charge in [0, 0.05) is 18.3 Å². The van der Waals surface area contributed by atoms with Crippen molar-refractivity contribution in [2.24, 2.45) is 0 Å². The number of H-pyrrole nitrogens is 1. The van der Waals surface area contributed by atoms with Crippen LogP contribution < -0.4 is 5.56 Å². The average molecular weight is 348 g/mol. The van der Waals surface area contributed by atoms with Crippen molar-refractivity contribution in [1.29, 1.82) is 0 Å². The molecule has 0 spiro atoms. The van der Waals surface area contributed by atoms with E-state index in [1.54, 1.807) is 21.9 Å². The van der Waals surface area contributed by atoms with Gasteiger partial charge in [0.05, 0.1) is 24.5 Å². The number of rotatable bonds is 3. The standard InChI is InChI=1S/C20H20N4O2/c1-13-8-9-24(14(2)15-6-4-3-5-7-15)20(26)18(13)19(25)23-11-16-10-21-22-17(16)12-23/h3-10,14H,11-12H2,1-2H3,(H,21,22). The molecule has 6 nitrogen and oxygen atoms in total. The largest absolute Gasteiger partial charge is 0.328 e. The zero-order chi connectivity index (χ0) is 18.3. The Morgan fingerprint density at radius 1 is 1.19 bits per heavy atom. The molecule has 0 aliphatic carbocycles. The van der Waals surface area contributed by atoms with Crippen LogP contribution in [-0.2, 0) is 13.1 Å². The van der Waals surface area contributed by atoms with Gasteiger partial charge in [-0.05, 0) is 31.0 Å². The summed E-state index contributed by atoms with van der Waals surface area (Å²) < 4.78 is 1.63. The Kier molecular flexibility index (Phi) is 3.95. The maximum absolute atomic E-state index is 13.1. The summed E-state index contributed by atoms with van der Waals surface area (Å²) in [6.45, 7) is 4.71. The minimum atomic E-state index is -0.250. The number of carbonyl (C=O) groups excluding carboxylic acids is 1. The van der Waals surface area contributed by atoms with Crippen LogP contribution in [0.4, 0.5) is 0 Å². The SMILES string of the molecule is Cc1ccn(C(C)c2ccccc2)c(=O)c1C(=O)N1Cc2cn[nH]c2C1. The third-order valence-electron chi connectivity index (χ3n) is 5.05. The number of nitrogens with zero attached hydrogens (tertiary/aromatic N) is 3. The summed E-state index contributed by atoms with van der Waals surface area (Å²) in [6.07, 6.45) is 3.50. The average Bonchev–Trinajstić information content (AvgIpc) is 3.24. The van der Waals surface area contributed by atoms with E-state index >= 15 is 0 Å². The minimum absolute atomic E-state index is 0.147. The number of aryl methyl sites for hydroxylation is 1. The summed E-state index contributed by atoms with van der Waals surface area (Å²) in [5, 5.41) is 6.89. The third-order valence-corrected chi connectivity index (χ3v) is 5.05. The van der Waals surface area contributed by atoms with Crippen LogP contribution in [0.2, 0.25) is 0 Å². The van der Waals surface area contributed by atoms with Gasteiger partial charge in [0.15, 0.2) is 0 Å². The zero-order valence-electron chi connectivity index (χ0n) is 14.8. The topological polar surface area (TPSA) is 71.0 Å². The molecule has 132 valence electrons. The van der Waals surface area contributed by atoms with Crippen LogP contribution in [0.15, 0.2) is 53.6 Å². The molecule has 0 saturated heterocycles. The van der Waals surface area contributed by atoms with E-state index in [0.717, 1.165) is 16.8 Å². The molecule has 1 N–H and O–H groups in total. The van der Waals surface area contributed by atoms with Crippen LogP contribution in [0.3, 0.4) is 0 Å². The van der Waals surface area contributed by atoms with Crippen LogP contribution in [0, 0.1) is 6.92 Å². The van der Waals surface area contributed by atoms with Crippen molar-refractivity contribution in [3.05, 3.63) is 87.1 Å². The highest BCUT2D eigenvalue weighted by Crippen LogP contribution is 2.23. The normalized spacial score (nSPS) is 14.3. The Hall–Kier alpha value is -3.15. The van der Waals surface area contributed by atoms with Crippen molar-refractivity contribution in [3.8, 4) is 0 Å². The molecular formula is C20H20N4O2. The van der Waals surface area contributed by atoms with Crippen molar-refractivity contribution in [3.63, 3.8) is 0 Å². The van der Waals surface area contributed by atoms with Gasteiger partial charge < -0.3 is 9.47 Å². The predicted molar refractivity (Wildman–Crippen MR) is 97.9 cm³/mol. The van der Waals surface area contributed by atoms with Crippen molar-refractivity contribution < 1.29 is 4.79 Å². The van der Waals surface area contributed by atoms with Gasteiger partial charge in [-0.15, -0.1) is 0 Å². The maximum atomic E-state index is 13.1. The number of fused-ring (bicyclic) bond motifs is 1. The van der Waals surface area contributed by atoms with Crippen LogP contribution in [0.5, 0.6) is 0 Å². The Balaban J connectivity index is 1.70. The second-order valence-electron chi connectivity index (χ2n) is 6.71. The number of hydrogen-bond donors (Lipinski definition) is 1. The number of benzene rings is 1. The van der Waals surface area contributed by atoms with E-state index in [9.17, 15) is 9.59 Å². The summed E-state index contributed by atoms with van der Waals surface area (Å²) in [7, 11) is 0. The van der Waals surface area contributed by atoms with Gasteiger partial charge in [0.25, 0.3) is 11.5 Å². The first-order chi connectivity index (χ1) is 12.6. The van der Waals surface area contributed by atoms with E-state index in [1.807, 2.05) is 50.2 Å². The van der Waals surface area contributed by atoms with E-state index in [0.29, 0.717) is 18.7 Å². The van der Waals surface area contributed by atoms with Crippen LogP contribution in [-0.4, -0.2) is 25.6 Å². The molecule has 3 heterocycles. The Bertz CT molecular complexity index is 999. The number of carbonyl (C=O) groups is 1. The van der Waals surface area contributed by atoms with Crippen LogP contribution >= 0.6 is 0 Å². The molecule has 0 saturated carbocycles. The van der Waals surface area contributed by atoms with Gasteiger partial charge in [-0.2, -0.15) is 5.10 Å². The molecule has 1 aliphatic rings. The highest BCUT2D eigenvalue weighted by atomic mass is 16.2. The fraction of sp³-hybridized carbons (Fsp3) is 0.250. The number of aromatic amines is 1. The molecule has 1 atom stereocenters. The van der Waals surface area contributed by atoms with Gasteiger partial charge in [-0.25, -0.2) is 0 Å². The van der Waals surface area contributed by atoms with Gasteiger partial charge in [0.1, 0.15) is 5.56 Å². The Morgan fingerprint density at radius 3 is 2.69 bits per heavy atom. The highest BCUT2D eigenvalue weighted by molar-refractivity contribution is 5.95. The fourth-order valence-electron chi connectivity index (χ4n) is 3.46. The van der Waals surface area contributed by atoms with Crippen molar-refractivity contribution in [1.82, 2.24) is 19.7 Å². The molecule has 2 aromatic heterocycles. The molecule has 0 fully saturated rings. The molecule has 1 aromatic carbocycles. The molecular weight excluding hydrogens is 328 g/mol. The number of amides is 1. The second kappa shape index (κ2) is 6.29. The molecule has 3 aromatic rings. The summed E-state index contributed by atoms with van der Waals surface area (Å²) in [4.78, 5) is 27.8. The van der Waals surface area contributed by atoms with E-state index < -0.39 is 0 Å². The fourth-order valence-corrected chi connectivity index (χ4v) is 3.46. The van der Waals surface area contributed by atoms with Crippen LogP contribution in [0.25, 0.3) is 0 Å². The first kappa shape index (κ1) is 16.3. The molecule has 1 aliphatic heterocycles. The van der Waals surface area contributed by atoms with E-state index in [2.05, 4.69) is 10.2 Å². The van der Waals surface area contributed by atoms with Gasteiger partial charge in [-0.1, -0.05) is 30.3 Å². The highest BCUT2D eigenvalue weighted by Gasteiger charge is 2.29. The first-order valence-corrected chi connectivity index (χ1v) is 8.63. The number of pyridine rings is 1.